The molecule has 1 fully saturated rings. The number of hydrogen-bond donors (Lipinski definition) is 0. The fourth-order valence-corrected chi connectivity index (χ4v) is 4.46. The van der Waals surface area contributed by atoms with E-state index in [0.717, 1.165) is 23.5 Å². The number of rotatable bonds is 3. The highest BCUT2D eigenvalue weighted by Crippen LogP contribution is 2.33. The molecule has 1 aliphatic heterocycles. The van der Waals surface area contributed by atoms with Crippen LogP contribution in [0, 0.1) is 13.8 Å². The van der Waals surface area contributed by atoms with Crippen molar-refractivity contribution in [1.29, 1.82) is 0 Å². The quantitative estimate of drug-likeness (QED) is 0.855. The third-order valence-electron chi connectivity index (χ3n) is 3.64. The van der Waals surface area contributed by atoms with Crippen LogP contribution in [0.15, 0.2) is 0 Å². The molecule has 7 heteroatoms. The maximum absolute atomic E-state index is 12.0. The van der Waals surface area contributed by atoms with Crippen LogP contribution in [0.2, 0.25) is 0 Å². The molecule has 0 aromatic carbocycles. The molecule has 0 N–H and O–H groups in total. The summed E-state index contributed by atoms with van der Waals surface area (Å²) in [5.74, 6) is 0.408. The molecule has 19 heavy (non-hydrogen) atoms. The third kappa shape index (κ3) is 2.99. The summed E-state index contributed by atoms with van der Waals surface area (Å²) < 4.78 is 26.9. The smallest absolute Gasteiger partial charge is 0.246 e. The van der Waals surface area contributed by atoms with Crippen LogP contribution in [0.25, 0.3) is 0 Å². The van der Waals surface area contributed by atoms with Crippen molar-refractivity contribution in [2.45, 2.75) is 32.6 Å². The lowest BCUT2D eigenvalue weighted by Crippen LogP contribution is -2.44. The molecule has 0 spiro atoms. The van der Waals surface area contributed by atoms with E-state index in [4.69, 9.17) is 0 Å². The molecule has 108 valence electrons. The van der Waals surface area contributed by atoms with Crippen LogP contribution in [0.1, 0.15) is 34.3 Å². The summed E-state index contributed by atoms with van der Waals surface area (Å²) in [6.07, 6.45) is 1.72. The minimum absolute atomic E-state index is 0.408. The SMILES string of the molecule is Cc1nc(C2CCN(S(=O)(=O)N(C)C)CC2)sc1C. The molecule has 1 saturated heterocycles. The zero-order valence-electron chi connectivity index (χ0n) is 11.9. The molecule has 0 saturated carbocycles. The maximum atomic E-state index is 12.0. The van der Waals surface area contributed by atoms with E-state index in [2.05, 4.69) is 11.9 Å². The van der Waals surface area contributed by atoms with Crippen molar-refractivity contribution < 1.29 is 8.42 Å². The van der Waals surface area contributed by atoms with Gasteiger partial charge in [-0.05, 0) is 26.7 Å². The van der Waals surface area contributed by atoms with Crippen molar-refractivity contribution in [3.05, 3.63) is 15.6 Å². The van der Waals surface area contributed by atoms with E-state index in [1.807, 2.05) is 6.92 Å². The Labute approximate surface area is 119 Å². The first-order chi connectivity index (χ1) is 8.82. The third-order valence-corrected chi connectivity index (χ3v) is 6.81. The monoisotopic (exact) mass is 303 g/mol. The van der Waals surface area contributed by atoms with E-state index < -0.39 is 10.2 Å². The van der Waals surface area contributed by atoms with Gasteiger partial charge in [0.1, 0.15) is 0 Å². The van der Waals surface area contributed by atoms with Crippen LogP contribution in [0.3, 0.4) is 0 Å². The number of piperidine rings is 1. The summed E-state index contributed by atoms with van der Waals surface area (Å²) in [6.45, 7) is 5.29. The Morgan fingerprint density at radius 1 is 1.26 bits per heavy atom. The van der Waals surface area contributed by atoms with Gasteiger partial charge in [0.05, 0.1) is 10.7 Å². The minimum atomic E-state index is -3.26. The van der Waals surface area contributed by atoms with E-state index in [0.29, 0.717) is 19.0 Å². The Hall–Kier alpha value is -0.500. The Morgan fingerprint density at radius 2 is 1.84 bits per heavy atom. The number of hydrogen-bond acceptors (Lipinski definition) is 4. The van der Waals surface area contributed by atoms with Gasteiger partial charge in [0.2, 0.25) is 0 Å². The number of aromatic nitrogens is 1. The second-order valence-corrected chi connectivity index (χ2v) is 8.53. The molecule has 0 unspecified atom stereocenters. The first-order valence-electron chi connectivity index (χ1n) is 6.44. The van der Waals surface area contributed by atoms with Crippen molar-refractivity contribution in [2.75, 3.05) is 27.2 Å². The Kier molecular flexibility index (Phi) is 4.29. The lowest BCUT2D eigenvalue weighted by atomic mass is 9.99. The largest absolute Gasteiger partial charge is 0.281 e. The standard InChI is InChI=1S/C12H21N3O2S2/c1-9-10(2)18-12(13-9)11-5-7-15(8-6-11)19(16,17)14(3)4/h11H,5-8H2,1-4H3. The fraction of sp³-hybridized carbons (Fsp3) is 0.750. The van der Waals surface area contributed by atoms with Gasteiger partial charge in [-0.1, -0.05) is 0 Å². The summed E-state index contributed by atoms with van der Waals surface area (Å²) in [6, 6.07) is 0. The van der Waals surface area contributed by atoms with Gasteiger partial charge in [-0.25, -0.2) is 4.98 Å². The van der Waals surface area contributed by atoms with Crippen LogP contribution in [-0.2, 0) is 10.2 Å². The fourth-order valence-electron chi connectivity index (χ4n) is 2.24. The predicted molar refractivity (Wildman–Crippen MR) is 77.7 cm³/mol. The van der Waals surface area contributed by atoms with Gasteiger partial charge in [0, 0.05) is 38.0 Å². The molecular weight excluding hydrogens is 282 g/mol. The van der Waals surface area contributed by atoms with Crippen molar-refractivity contribution >= 4 is 21.5 Å². The molecule has 5 nitrogen and oxygen atoms in total. The van der Waals surface area contributed by atoms with E-state index >= 15 is 0 Å². The Bertz CT molecular complexity index is 524. The molecular formula is C12H21N3O2S2. The molecule has 0 bridgehead atoms. The van der Waals surface area contributed by atoms with Crippen molar-refractivity contribution in [1.82, 2.24) is 13.6 Å². The van der Waals surface area contributed by atoms with Gasteiger partial charge >= 0.3 is 0 Å². The maximum Gasteiger partial charge on any atom is 0.281 e. The van der Waals surface area contributed by atoms with Gasteiger partial charge in [-0.2, -0.15) is 17.0 Å². The molecule has 2 heterocycles. The Morgan fingerprint density at radius 3 is 2.26 bits per heavy atom. The molecule has 0 amide bonds. The second kappa shape index (κ2) is 5.47. The molecule has 1 aromatic rings. The first kappa shape index (κ1) is 14.9. The highest BCUT2D eigenvalue weighted by molar-refractivity contribution is 7.86. The first-order valence-corrected chi connectivity index (χ1v) is 8.65. The summed E-state index contributed by atoms with van der Waals surface area (Å²) >= 11 is 1.75. The van der Waals surface area contributed by atoms with Crippen LogP contribution in [-0.4, -0.2) is 49.2 Å². The summed E-state index contributed by atoms with van der Waals surface area (Å²) in [5, 5.41) is 1.16. The lowest BCUT2D eigenvalue weighted by molar-refractivity contribution is 0.302. The predicted octanol–water partition coefficient (Wildman–Crippen LogP) is 1.75. The molecule has 0 radical (unpaired) electrons. The van der Waals surface area contributed by atoms with Gasteiger partial charge in [0.15, 0.2) is 0 Å². The Balaban J connectivity index is 2.04. The number of aryl methyl sites for hydroxylation is 2. The molecule has 2 rings (SSSR count). The van der Waals surface area contributed by atoms with Crippen molar-refractivity contribution in [3.63, 3.8) is 0 Å². The van der Waals surface area contributed by atoms with Gasteiger partial charge in [-0.3, -0.25) is 0 Å². The lowest BCUT2D eigenvalue weighted by Gasteiger charge is -2.31. The highest BCUT2D eigenvalue weighted by atomic mass is 32.2. The zero-order valence-corrected chi connectivity index (χ0v) is 13.5. The number of nitrogens with zero attached hydrogens (tertiary/aromatic N) is 3. The molecule has 1 aromatic heterocycles. The topological polar surface area (TPSA) is 53.5 Å². The van der Waals surface area contributed by atoms with E-state index in [1.165, 1.54) is 9.18 Å². The normalized spacial score (nSPS) is 19.2. The highest BCUT2D eigenvalue weighted by Gasteiger charge is 2.31. The molecule has 0 aliphatic carbocycles. The van der Waals surface area contributed by atoms with Crippen LogP contribution < -0.4 is 0 Å². The summed E-state index contributed by atoms with van der Waals surface area (Å²) in [7, 11) is -0.102. The molecule has 1 aliphatic rings. The van der Waals surface area contributed by atoms with Gasteiger partial charge < -0.3 is 0 Å². The van der Waals surface area contributed by atoms with E-state index in [1.54, 1.807) is 29.7 Å². The minimum Gasteiger partial charge on any atom is -0.246 e. The zero-order chi connectivity index (χ0) is 14.2. The summed E-state index contributed by atoms with van der Waals surface area (Å²) in [5.41, 5.74) is 1.10. The van der Waals surface area contributed by atoms with Crippen LogP contribution in [0.4, 0.5) is 0 Å². The average molecular weight is 303 g/mol. The van der Waals surface area contributed by atoms with Gasteiger partial charge in [-0.15, -0.1) is 11.3 Å². The van der Waals surface area contributed by atoms with Crippen LogP contribution >= 0.6 is 11.3 Å². The second-order valence-electron chi connectivity index (χ2n) is 5.16. The van der Waals surface area contributed by atoms with Crippen LogP contribution in [0.5, 0.6) is 0 Å². The van der Waals surface area contributed by atoms with Gasteiger partial charge in [0.25, 0.3) is 10.2 Å². The molecule has 0 atom stereocenters. The van der Waals surface area contributed by atoms with E-state index in [-0.39, 0.29) is 0 Å². The van der Waals surface area contributed by atoms with E-state index in [9.17, 15) is 8.42 Å². The average Bonchev–Trinajstić information content (AvgIpc) is 2.69. The van der Waals surface area contributed by atoms with Crippen molar-refractivity contribution in [3.8, 4) is 0 Å². The summed E-state index contributed by atoms with van der Waals surface area (Å²) in [4.78, 5) is 5.86. The van der Waals surface area contributed by atoms with Crippen molar-refractivity contribution in [2.24, 2.45) is 0 Å². The number of thiazole rings is 1.